The van der Waals surface area contributed by atoms with Crippen molar-refractivity contribution in [3.8, 4) is 11.5 Å². The van der Waals surface area contributed by atoms with Crippen LogP contribution < -0.4 is 10.6 Å². The maximum atomic E-state index is 12.4. The molecule has 134 valence electrons. The van der Waals surface area contributed by atoms with Crippen molar-refractivity contribution in [2.24, 2.45) is 5.92 Å². The predicted molar refractivity (Wildman–Crippen MR) is 98.3 cm³/mol. The molecule has 2 N–H and O–H groups in total. The molecule has 2 aromatic rings. The summed E-state index contributed by atoms with van der Waals surface area (Å²) in [5, 5.41) is 6.50. The topological polar surface area (TPSA) is 67.2 Å². The van der Waals surface area contributed by atoms with Crippen molar-refractivity contribution in [1.29, 1.82) is 0 Å². The fraction of sp³-hybridized carbons (Fsp3) is 0.474. The molecule has 1 saturated heterocycles. The maximum Gasteiger partial charge on any atom is 0.237 e. The molecule has 2 aliphatic rings. The Morgan fingerprint density at radius 2 is 2.04 bits per heavy atom. The van der Waals surface area contributed by atoms with Crippen LogP contribution in [-0.4, -0.2) is 23.0 Å². The van der Waals surface area contributed by atoms with Crippen LogP contribution in [0.1, 0.15) is 37.8 Å². The predicted octanol–water partition coefficient (Wildman–Crippen LogP) is 3.30. The Morgan fingerprint density at radius 3 is 2.84 bits per heavy atom. The van der Waals surface area contributed by atoms with Gasteiger partial charge in [0, 0.05) is 11.6 Å². The van der Waals surface area contributed by atoms with E-state index in [1.807, 2.05) is 30.3 Å². The highest BCUT2D eigenvalue weighted by atomic mass is 35.5. The van der Waals surface area contributed by atoms with Crippen LogP contribution in [0.4, 0.5) is 0 Å². The fourth-order valence-corrected chi connectivity index (χ4v) is 3.92. The van der Waals surface area contributed by atoms with Crippen LogP contribution in [0.25, 0.3) is 11.5 Å². The molecule has 1 aromatic heterocycles. The Morgan fingerprint density at radius 1 is 1.24 bits per heavy atom. The summed E-state index contributed by atoms with van der Waals surface area (Å²) in [6, 6.07) is 10.2. The average molecular weight is 362 g/mol. The van der Waals surface area contributed by atoms with Gasteiger partial charge in [0.25, 0.3) is 0 Å². The van der Waals surface area contributed by atoms with Crippen LogP contribution in [0.5, 0.6) is 0 Å². The third-order valence-electron chi connectivity index (χ3n) is 5.20. The molecule has 0 bridgehead atoms. The standard InChI is InChI=1S/C19H23N3O2.ClH/c23-18(17-10-14-8-4-5-9-16(14)22-17)20-11-15-12-24-19(21-15)13-6-2-1-3-7-13;/h1-3,6-7,12,14,16-17,22H,4-5,8-11H2,(H,20,23);1H. The number of fused-ring (bicyclic) bond motifs is 1. The molecule has 2 fully saturated rings. The number of carbonyl (C=O) groups excluding carboxylic acids is 1. The lowest BCUT2D eigenvalue weighted by Gasteiger charge is -2.24. The smallest absolute Gasteiger partial charge is 0.237 e. The SMILES string of the molecule is Cl.O=C(NCc1coc(-c2ccccc2)n1)C1CC2CCCCC2N1. The fourth-order valence-electron chi connectivity index (χ4n) is 3.92. The number of hydrogen-bond donors (Lipinski definition) is 2. The van der Waals surface area contributed by atoms with Gasteiger partial charge in [-0.25, -0.2) is 4.98 Å². The van der Waals surface area contributed by atoms with E-state index < -0.39 is 0 Å². The second-order valence-electron chi connectivity index (χ2n) is 6.83. The molecule has 3 atom stereocenters. The summed E-state index contributed by atoms with van der Waals surface area (Å²) in [5.41, 5.74) is 1.69. The highest BCUT2D eigenvalue weighted by Gasteiger charge is 2.38. The van der Waals surface area contributed by atoms with Crippen molar-refractivity contribution >= 4 is 18.3 Å². The molecule has 6 heteroatoms. The molecule has 0 spiro atoms. The Kier molecular flexibility index (Phi) is 5.76. The number of halogens is 1. The number of rotatable bonds is 4. The molecule has 0 radical (unpaired) electrons. The van der Waals surface area contributed by atoms with E-state index in [1.54, 1.807) is 6.26 Å². The Balaban J connectivity index is 0.00000182. The average Bonchev–Trinajstić information content (AvgIpc) is 3.27. The number of nitrogens with zero attached hydrogens (tertiary/aromatic N) is 1. The lowest BCUT2D eigenvalue weighted by atomic mass is 9.85. The van der Waals surface area contributed by atoms with Crippen LogP contribution in [0.3, 0.4) is 0 Å². The molecule has 1 saturated carbocycles. The van der Waals surface area contributed by atoms with Crippen LogP contribution in [0.15, 0.2) is 41.0 Å². The van der Waals surface area contributed by atoms with Gasteiger partial charge in [-0.1, -0.05) is 31.0 Å². The monoisotopic (exact) mass is 361 g/mol. The van der Waals surface area contributed by atoms with Crippen molar-refractivity contribution in [1.82, 2.24) is 15.6 Å². The van der Waals surface area contributed by atoms with E-state index in [4.69, 9.17) is 4.42 Å². The van der Waals surface area contributed by atoms with E-state index in [1.165, 1.54) is 25.7 Å². The second-order valence-corrected chi connectivity index (χ2v) is 6.83. The second kappa shape index (κ2) is 8.02. The van der Waals surface area contributed by atoms with E-state index in [9.17, 15) is 4.79 Å². The van der Waals surface area contributed by atoms with Crippen molar-refractivity contribution in [2.45, 2.75) is 50.7 Å². The van der Waals surface area contributed by atoms with Crippen LogP contribution in [0.2, 0.25) is 0 Å². The number of hydrogen-bond acceptors (Lipinski definition) is 4. The third kappa shape index (κ3) is 4.05. The maximum absolute atomic E-state index is 12.4. The van der Waals surface area contributed by atoms with Crippen LogP contribution in [0, 0.1) is 5.92 Å². The largest absolute Gasteiger partial charge is 0.444 e. The van der Waals surface area contributed by atoms with Crippen LogP contribution >= 0.6 is 12.4 Å². The van der Waals surface area contributed by atoms with E-state index in [0.717, 1.165) is 17.7 Å². The zero-order chi connectivity index (χ0) is 16.4. The summed E-state index contributed by atoms with van der Waals surface area (Å²) >= 11 is 0. The van der Waals surface area contributed by atoms with Gasteiger partial charge in [-0.05, 0) is 37.3 Å². The molecule has 2 heterocycles. The van der Waals surface area contributed by atoms with Crippen molar-refractivity contribution < 1.29 is 9.21 Å². The molecule has 1 aliphatic carbocycles. The lowest BCUT2D eigenvalue weighted by molar-refractivity contribution is -0.123. The van der Waals surface area contributed by atoms with Crippen LogP contribution in [-0.2, 0) is 11.3 Å². The lowest BCUT2D eigenvalue weighted by Crippen LogP contribution is -2.42. The number of oxazole rings is 1. The van der Waals surface area contributed by atoms with Gasteiger partial charge in [0.05, 0.1) is 18.3 Å². The zero-order valence-electron chi connectivity index (χ0n) is 14.1. The van der Waals surface area contributed by atoms with Gasteiger partial charge in [0.1, 0.15) is 6.26 Å². The first kappa shape index (κ1) is 18.0. The van der Waals surface area contributed by atoms with Crippen molar-refractivity contribution in [2.75, 3.05) is 0 Å². The summed E-state index contributed by atoms with van der Waals surface area (Å²) in [7, 11) is 0. The molecule has 1 aliphatic heterocycles. The first-order chi connectivity index (χ1) is 11.8. The minimum absolute atomic E-state index is 0. The van der Waals surface area contributed by atoms with Gasteiger partial charge in [0.2, 0.25) is 11.8 Å². The number of nitrogens with one attached hydrogen (secondary N) is 2. The Labute approximate surface area is 154 Å². The summed E-state index contributed by atoms with van der Waals surface area (Å²) in [5.74, 6) is 1.34. The third-order valence-corrected chi connectivity index (χ3v) is 5.20. The normalized spacial score (nSPS) is 25.0. The van der Waals surface area contributed by atoms with Gasteiger partial charge in [-0.3, -0.25) is 4.79 Å². The molecule has 3 unspecified atom stereocenters. The summed E-state index contributed by atoms with van der Waals surface area (Å²) < 4.78 is 5.51. The van der Waals surface area contributed by atoms with Crippen molar-refractivity contribution in [3.05, 3.63) is 42.3 Å². The molecule has 1 amide bonds. The summed E-state index contributed by atoms with van der Waals surface area (Å²) in [6.45, 7) is 0.405. The van der Waals surface area contributed by atoms with Crippen molar-refractivity contribution in [3.63, 3.8) is 0 Å². The molecule has 4 rings (SSSR count). The molecular weight excluding hydrogens is 338 g/mol. The zero-order valence-corrected chi connectivity index (χ0v) is 14.9. The van der Waals surface area contributed by atoms with Gasteiger partial charge in [-0.15, -0.1) is 12.4 Å². The van der Waals surface area contributed by atoms with Gasteiger partial charge in [0.15, 0.2) is 0 Å². The Hall–Kier alpha value is -1.85. The van der Waals surface area contributed by atoms with E-state index >= 15 is 0 Å². The minimum atomic E-state index is -0.0569. The quantitative estimate of drug-likeness (QED) is 0.876. The summed E-state index contributed by atoms with van der Waals surface area (Å²) in [4.78, 5) is 16.9. The first-order valence-electron chi connectivity index (χ1n) is 8.83. The number of aromatic nitrogens is 1. The number of amides is 1. The highest BCUT2D eigenvalue weighted by molar-refractivity contribution is 5.85. The number of carbonyl (C=O) groups is 1. The molecule has 25 heavy (non-hydrogen) atoms. The number of benzene rings is 1. The first-order valence-corrected chi connectivity index (χ1v) is 8.83. The van der Waals surface area contributed by atoms with E-state index in [-0.39, 0.29) is 24.4 Å². The molecule has 5 nitrogen and oxygen atoms in total. The minimum Gasteiger partial charge on any atom is -0.444 e. The van der Waals surface area contributed by atoms with E-state index in [0.29, 0.717) is 24.4 Å². The Bertz CT molecular complexity index is 690. The highest BCUT2D eigenvalue weighted by Crippen LogP contribution is 2.33. The van der Waals surface area contributed by atoms with Gasteiger partial charge >= 0.3 is 0 Å². The summed E-state index contributed by atoms with van der Waals surface area (Å²) in [6.07, 6.45) is 7.63. The van der Waals surface area contributed by atoms with Gasteiger partial charge < -0.3 is 15.1 Å². The molecule has 1 aromatic carbocycles. The van der Waals surface area contributed by atoms with Gasteiger partial charge in [-0.2, -0.15) is 0 Å². The molecular formula is C19H24ClN3O2. The van der Waals surface area contributed by atoms with E-state index in [2.05, 4.69) is 15.6 Å².